The highest BCUT2D eigenvalue weighted by molar-refractivity contribution is 5.79. The van der Waals surface area contributed by atoms with Crippen molar-refractivity contribution >= 4 is 11.6 Å². The number of nitrogens with zero attached hydrogens (tertiary/aromatic N) is 3. The zero-order chi connectivity index (χ0) is 17.5. The van der Waals surface area contributed by atoms with Crippen LogP contribution in [-0.2, 0) is 12.8 Å². The molecule has 0 atom stereocenters. The first kappa shape index (κ1) is 17.1. The summed E-state index contributed by atoms with van der Waals surface area (Å²) in [6, 6.07) is 8.00. The summed E-state index contributed by atoms with van der Waals surface area (Å²) in [6.45, 7) is 6.46. The lowest BCUT2D eigenvalue weighted by atomic mass is 10.3. The molecule has 0 aromatic carbocycles. The van der Waals surface area contributed by atoms with E-state index in [1.807, 2.05) is 24.4 Å². The molecule has 0 unspecified atom stereocenters. The monoisotopic (exact) mass is 339 g/mol. The fourth-order valence-electron chi connectivity index (χ4n) is 2.71. The third-order valence-corrected chi connectivity index (χ3v) is 3.95. The smallest absolute Gasteiger partial charge is 0.191 e. The molecule has 3 aromatic rings. The van der Waals surface area contributed by atoms with Crippen LogP contribution < -0.4 is 10.6 Å². The number of aliphatic imine (C=N–C) groups is 1. The quantitative estimate of drug-likeness (QED) is 0.513. The first-order valence-corrected chi connectivity index (χ1v) is 8.74. The molecule has 0 saturated carbocycles. The Hall–Kier alpha value is -2.76. The third-order valence-electron chi connectivity index (χ3n) is 3.95. The Balaban J connectivity index is 1.52. The van der Waals surface area contributed by atoms with Crippen LogP contribution in [0.3, 0.4) is 0 Å². The average Bonchev–Trinajstić information content (AvgIpc) is 3.25. The summed E-state index contributed by atoms with van der Waals surface area (Å²) < 4.78 is 7.41. The fraction of sp³-hybridized carbons (Fsp3) is 0.368. The standard InChI is InChI=1S/C19H25N5O/c1-3-20-19(22-11-9-17-7-5-13-25-17)21-10-8-16-14-24-12-4-6-15(2)18(24)23-16/h4-7,12-14H,3,8-11H2,1-2H3,(H2,20,21,22). The van der Waals surface area contributed by atoms with E-state index in [0.29, 0.717) is 6.54 Å². The van der Waals surface area contributed by atoms with Crippen LogP contribution in [0.4, 0.5) is 0 Å². The Morgan fingerprint density at radius 1 is 1.24 bits per heavy atom. The largest absolute Gasteiger partial charge is 0.469 e. The highest BCUT2D eigenvalue weighted by Crippen LogP contribution is 2.10. The molecular weight excluding hydrogens is 314 g/mol. The Kier molecular flexibility index (Phi) is 5.72. The van der Waals surface area contributed by atoms with E-state index < -0.39 is 0 Å². The van der Waals surface area contributed by atoms with Gasteiger partial charge in [-0.1, -0.05) is 6.07 Å². The number of aryl methyl sites for hydroxylation is 1. The molecule has 0 fully saturated rings. The molecule has 0 bridgehead atoms. The number of nitrogens with one attached hydrogen (secondary N) is 2. The molecule has 3 heterocycles. The Morgan fingerprint density at radius 3 is 2.92 bits per heavy atom. The molecule has 0 radical (unpaired) electrons. The second kappa shape index (κ2) is 8.37. The van der Waals surface area contributed by atoms with Gasteiger partial charge in [0.1, 0.15) is 11.4 Å². The molecule has 0 aliphatic carbocycles. The van der Waals surface area contributed by atoms with E-state index in [4.69, 9.17) is 9.40 Å². The van der Waals surface area contributed by atoms with Crippen molar-refractivity contribution < 1.29 is 4.42 Å². The number of hydrogen-bond donors (Lipinski definition) is 2. The molecule has 3 rings (SSSR count). The van der Waals surface area contributed by atoms with Crippen LogP contribution in [0.15, 0.2) is 52.3 Å². The molecule has 6 heteroatoms. The van der Waals surface area contributed by atoms with Gasteiger partial charge in [0.05, 0.1) is 12.0 Å². The average molecular weight is 339 g/mol. The van der Waals surface area contributed by atoms with E-state index in [9.17, 15) is 0 Å². The van der Waals surface area contributed by atoms with Gasteiger partial charge in [-0.05, 0) is 37.6 Å². The minimum absolute atomic E-state index is 0.691. The summed E-state index contributed by atoms with van der Waals surface area (Å²) in [5.41, 5.74) is 3.29. The molecular formula is C19H25N5O. The maximum absolute atomic E-state index is 5.33. The SMILES string of the molecule is CCNC(=NCCc1ccco1)NCCc1cn2cccc(C)c2n1. The molecule has 0 spiro atoms. The van der Waals surface area contributed by atoms with Crippen molar-refractivity contribution in [3.05, 3.63) is 59.9 Å². The number of furan rings is 1. The van der Waals surface area contributed by atoms with E-state index in [1.165, 1.54) is 5.56 Å². The van der Waals surface area contributed by atoms with Crippen molar-refractivity contribution in [2.45, 2.75) is 26.7 Å². The van der Waals surface area contributed by atoms with Crippen molar-refractivity contribution in [3.8, 4) is 0 Å². The van der Waals surface area contributed by atoms with E-state index in [0.717, 1.165) is 49.0 Å². The van der Waals surface area contributed by atoms with Crippen LogP contribution in [0.5, 0.6) is 0 Å². The lowest BCUT2D eigenvalue weighted by Gasteiger charge is -2.10. The second-order valence-corrected chi connectivity index (χ2v) is 5.92. The van der Waals surface area contributed by atoms with E-state index >= 15 is 0 Å². The molecule has 0 aliphatic rings. The summed E-state index contributed by atoms with van der Waals surface area (Å²) in [4.78, 5) is 9.29. The first-order valence-electron chi connectivity index (χ1n) is 8.74. The predicted octanol–water partition coefficient (Wildman–Crippen LogP) is 2.58. The van der Waals surface area contributed by atoms with Crippen LogP contribution in [0.1, 0.15) is 23.9 Å². The Labute approximate surface area is 148 Å². The van der Waals surface area contributed by atoms with Gasteiger partial charge < -0.3 is 19.5 Å². The van der Waals surface area contributed by atoms with Crippen molar-refractivity contribution in [1.29, 1.82) is 0 Å². The number of fused-ring (bicyclic) bond motifs is 1. The Bertz CT molecular complexity index is 820. The van der Waals surface area contributed by atoms with E-state index in [-0.39, 0.29) is 0 Å². The van der Waals surface area contributed by atoms with Gasteiger partial charge in [-0.2, -0.15) is 0 Å². The van der Waals surface area contributed by atoms with Crippen molar-refractivity contribution in [2.24, 2.45) is 4.99 Å². The molecule has 25 heavy (non-hydrogen) atoms. The fourth-order valence-corrected chi connectivity index (χ4v) is 2.71. The molecule has 3 aromatic heterocycles. The topological polar surface area (TPSA) is 66.9 Å². The number of imidazole rings is 1. The number of guanidine groups is 1. The van der Waals surface area contributed by atoms with Crippen molar-refractivity contribution in [3.63, 3.8) is 0 Å². The lowest BCUT2D eigenvalue weighted by molar-refractivity contribution is 0.510. The molecule has 0 amide bonds. The third kappa shape index (κ3) is 4.62. The van der Waals surface area contributed by atoms with Crippen LogP contribution in [0.25, 0.3) is 5.65 Å². The first-order chi connectivity index (χ1) is 12.3. The van der Waals surface area contributed by atoms with Gasteiger partial charge in [-0.25, -0.2) is 4.98 Å². The summed E-state index contributed by atoms with van der Waals surface area (Å²) in [5, 5.41) is 6.63. The number of aromatic nitrogens is 2. The van der Waals surface area contributed by atoms with Gasteiger partial charge in [0.15, 0.2) is 5.96 Å². The zero-order valence-corrected chi connectivity index (χ0v) is 14.8. The predicted molar refractivity (Wildman–Crippen MR) is 100 cm³/mol. The highest BCUT2D eigenvalue weighted by Gasteiger charge is 2.04. The summed E-state index contributed by atoms with van der Waals surface area (Å²) in [7, 11) is 0. The number of hydrogen-bond acceptors (Lipinski definition) is 3. The van der Waals surface area contributed by atoms with Crippen molar-refractivity contribution in [1.82, 2.24) is 20.0 Å². The minimum Gasteiger partial charge on any atom is -0.469 e. The molecule has 6 nitrogen and oxygen atoms in total. The summed E-state index contributed by atoms with van der Waals surface area (Å²) in [6.07, 6.45) is 7.47. The lowest BCUT2D eigenvalue weighted by Crippen LogP contribution is -2.38. The van der Waals surface area contributed by atoms with Crippen molar-refractivity contribution in [2.75, 3.05) is 19.6 Å². The van der Waals surface area contributed by atoms with Gasteiger partial charge in [-0.15, -0.1) is 0 Å². The molecule has 132 valence electrons. The maximum Gasteiger partial charge on any atom is 0.191 e. The van der Waals surface area contributed by atoms with Crippen LogP contribution in [0.2, 0.25) is 0 Å². The number of pyridine rings is 1. The summed E-state index contributed by atoms with van der Waals surface area (Å²) in [5.74, 6) is 1.79. The normalized spacial score (nSPS) is 11.8. The molecule has 0 saturated heterocycles. The Morgan fingerprint density at radius 2 is 2.16 bits per heavy atom. The van der Waals surface area contributed by atoms with Crippen LogP contribution in [-0.4, -0.2) is 35.0 Å². The van der Waals surface area contributed by atoms with Gasteiger partial charge in [0.2, 0.25) is 0 Å². The van der Waals surface area contributed by atoms with E-state index in [1.54, 1.807) is 6.26 Å². The zero-order valence-electron chi connectivity index (χ0n) is 14.8. The number of rotatable bonds is 7. The minimum atomic E-state index is 0.691. The van der Waals surface area contributed by atoms with Crippen LogP contribution in [0, 0.1) is 6.92 Å². The molecule has 2 N–H and O–H groups in total. The van der Waals surface area contributed by atoms with Gasteiger partial charge in [-0.3, -0.25) is 4.99 Å². The maximum atomic E-state index is 5.33. The van der Waals surface area contributed by atoms with E-state index in [2.05, 4.69) is 46.1 Å². The van der Waals surface area contributed by atoms with Gasteiger partial charge in [0.25, 0.3) is 0 Å². The van der Waals surface area contributed by atoms with Crippen LogP contribution >= 0.6 is 0 Å². The second-order valence-electron chi connectivity index (χ2n) is 5.92. The molecule has 0 aliphatic heterocycles. The van der Waals surface area contributed by atoms with Gasteiger partial charge >= 0.3 is 0 Å². The summed E-state index contributed by atoms with van der Waals surface area (Å²) >= 11 is 0. The van der Waals surface area contributed by atoms with Gasteiger partial charge in [0, 0.05) is 44.9 Å². The highest BCUT2D eigenvalue weighted by atomic mass is 16.3.